The highest BCUT2D eigenvalue weighted by Gasteiger charge is 2.09. The molecule has 6 nitrogen and oxygen atoms in total. The van der Waals surface area contributed by atoms with E-state index in [1.807, 2.05) is 13.8 Å². The van der Waals surface area contributed by atoms with Gasteiger partial charge in [0.25, 0.3) is 5.56 Å². The number of aromatic nitrogens is 2. The van der Waals surface area contributed by atoms with Gasteiger partial charge in [0.1, 0.15) is 4.70 Å². The van der Waals surface area contributed by atoms with Crippen LogP contribution in [0.2, 0.25) is 0 Å². The van der Waals surface area contributed by atoms with Gasteiger partial charge in [0.15, 0.2) is 0 Å². The van der Waals surface area contributed by atoms with E-state index in [9.17, 15) is 14.4 Å². The smallest absolute Gasteiger partial charge is 0.328 e. The maximum Gasteiger partial charge on any atom is 0.328 e. The fraction of sp³-hybridized carbons (Fsp3) is 0.500. The van der Waals surface area contributed by atoms with Gasteiger partial charge >= 0.3 is 5.69 Å². The summed E-state index contributed by atoms with van der Waals surface area (Å²) < 4.78 is 1.77. The minimum atomic E-state index is -0.391. The highest BCUT2D eigenvalue weighted by atomic mass is 32.1. The summed E-state index contributed by atoms with van der Waals surface area (Å²) in [5, 5.41) is 4.59. The van der Waals surface area contributed by atoms with Crippen molar-refractivity contribution in [2.45, 2.75) is 45.7 Å². The number of hydrogen-bond donors (Lipinski definition) is 2. The van der Waals surface area contributed by atoms with E-state index in [2.05, 4.69) is 10.3 Å². The lowest BCUT2D eigenvalue weighted by molar-refractivity contribution is -0.121. The number of carbonyl (C=O) groups is 1. The van der Waals surface area contributed by atoms with E-state index in [0.29, 0.717) is 36.0 Å². The number of nitrogens with zero attached hydrogens (tertiary/aromatic N) is 1. The maximum atomic E-state index is 12.2. The molecular formula is C14H19N3O3S. The SMILES string of the molecule is CC(C)NC(=O)CCCCn1c(=O)[nH]c2ccsc2c1=O. The summed E-state index contributed by atoms with van der Waals surface area (Å²) in [6.45, 7) is 4.15. The zero-order valence-electron chi connectivity index (χ0n) is 12.1. The van der Waals surface area contributed by atoms with E-state index in [0.717, 1.165) is 0 Å². The summed E-state index contributed by atoms with van der Waals surface area (Å²) in [7, 11) is 0. The second-order valence-electron chi connectivity index (χ2n) is 5.23. The van der Waals surface area contributed by atoms with Crippen LogP contribution in [-0.4, -0.2) is 21.5 Å². The normalized spacial score (nSPS) is 11.2. The minimum Gasteiger partial charge on any atom is -0.354 e. The summed E-state index contributed by atoms with van der Waals surface area (Å²) in [5.74, 6) is -0.0000322. The molecule has 0 bridgehead atoms. The second kappa shape index (κ2) is 6.71. The molecule has 0 saturated carbocycles. The monoisotopic (exact) mass is 309 g/mol. The maximum absolute atomic E-state index is 12.2. The number of amides is 1. The highest BCUT2D eigenvalue weighted by Crippen LogP contribution is 2.12. The number of fused-ring (bicyclic) bond motifs is 1. The first-order valence-corrected chi connectivity index (χ1v) is 7.86. The van der Waals surface area contributed by atoms with Crippen LogP contribution in [0.1, 0.15) is 33.1 Å². The lowest BCUT2D eigenvalue weighted by Gasteiger charge is -2.08. The average Bonchev–Trinajstić information content (AvgIpc) is 2.85. The van der Waals surface area contributed by atoms with Gasteiger partial charge in [-0.25, -0.2) is 4.79 Å². The summed E-state index contributed by atoms with van der Waals surface area (Å²) in [6, 6.07) is 1.85. The Morgan fingerprint density at radius 3 is 2.86 bits per heavy atom. The number of nitrogens with one attached hydrogen (secondary N) is 2. The van der Waals surface area contributed by atoms with E-state index >= 15 is 0 Å². The summed E-state index contributed by atoms with van der Waals surface area (Å²) in [4.78, 5) is 38.2. The minimum absolute atomic E-state index is 0.0000322. The molecule has 2 aromatic heterocycles. The van der Waals surface area contributed by atoms with Gasteiger partial charge in [0, 0.05) is 19.0 Å². The molecule has 0 aliphatic heterocycles. The van der Waals surface area contributed by atoms with Crippen LogP contribution in [0.4, 0.5) is 0 Å². The van der Waals surface area contributed by atoms with E-state index < -0.39 is 5.69 Å². The van der Waals surface area contributed by atoms with Crippen LogP contribution in [-0.2, 0) is 11.3 Å². The summed E-state index contributed by atoms with van der Waals surface area (Å²) in [5.41, 5.74) is -0.0597. The number of H-pyrrole nitrogens is 1. The second-order valence-corrected chi connectivity index (χ2v) is 6.15. The van der Waals surface area contributed by atoms with Gasteiger partial charge in [-0.05, 0) is 38.1 Å². The van der Waals surface area contributed by atoms with Crippen molar-refractivity contribution in [3.8, 4) is 0 Å². The Morgan fingerprint density at radius 1 is 1.38 bits per heavy atom. The van der Waals surface area contributed by atoms with Crippen LogP contribution in [0, 0.1) is 0 Å². The molecule has 2 rings (SSSR count). The van der Waals surface area contributed by atoms with Gasteiger partial charge in [-0.15, -0.1) is 11.3 Å². The van der Waals surface area contributed by atoms with E-state index in [-0.39, 0.29) is 17.5 Å². The van der Waals surface area contributed by atoms with Crippen molar-refractivity contribution in [1.29, 1.82) is 0 Å². The van der Waals surface area contributed by atoms with Crippen LogP contribution in [0.15, 0.2) is 21.0 Å². The lowest BCUT2D eigenvalue weighted by Crippen LogP contribution is -2.34. The number of unbranched alkanes of at least 4 members (excludes halogenated alkanes) is 1. The fourth-order valence-electron chi connectivity index (χ4n) is 2.12. The standard InChI is InChI=1S/C14H19N3O3S/c1-9(2)15-11(18)5-3-4-7-17-13(19)12-10(6-8-21-12)16-14(17)20/h6,8-9H,3-5,7H2,1-2H3,(H,15,18)(H,16,20). The van der Waals surface area contributed by atoms with Crippen molar-refractivity contribution in [2.75, 3.05) is 0 Å². The van der Waals surface area contributed by atoms with Crippen LogP contribution >= 0.6 is 11.3 Å². The Balaban J connectivity index is 1.96. The Morgan fingerprint density at radius 2 is 2.14 bits per heavy atom. The first-order chi connectivity index (χ1) is 9.99. The van der Waals surface area contributed by atoms with E-state index in [4.69, 9.17) is 0 Å². The van der Waals surface area contributed by atoms with Crippen LogP contribution in [0.5, 0.6) is 0 Å². The predicted octanol–water partition coefficient (Wildman–Crippen LogP) is 1.45. The fourth-order valence-corrected chi connectivity index (χ4v) is 2.92. The molecule has 21 heavy (non-hydrogen) atoms. The summed E-state index contributed by atoms with van der Waals surface area (Å²) in [6.07, 6.45) is 1.67. The Bertz CT molecular complexity index is 742. The zero-order chi connectivity index (χ0) is 15.4. The third kappa shape index (κ3) is 3.81. The molecule has 7 heteroatoms. The average molecular weight is 309 g/mol. The van der Waals surface area contributed by atoms with Crippen molar-refractivity contribution >= 4 is 27.5 Å². The van der Waals surface area contributed by atoms with Crippen molar-refractivity contribution in [2.24, 2.45) is 0 Å². The number of hydrogen-bond acceptors (Lipinski definition) is 4. The molecule has 0 saturated heterocycles. The topological polar surface area (TPSA) is 84.0 Å². The first-order valence-electron chi connectivity index (χ1n) is 6.98. The molecule has 0 fully saturated rings. The third-order valence-electron chi connectivity index (χ3n) is 3.08. The molecule has 2 aromatic rings. The van der Waals surface area contributed by atoms with Gasteiger partial charge < -0.3 is 10.3 Å². The molecule has 0 aliphatic rings. The Labute approximate surface area is 125 Å². The van der Waals surface area contributed by atoms with Gasteiger partial charge in [-0.1, -0.05) is 0 Å². The van der Waals surface area contributed by atoms with Gasteiger partial charge in [0.2, 0.25) is 5.91 Å². The Kier molecular flexibility index (Phi) is 4.95. The highest BCUT2D eigenvalue weighted by molar-refractivity contribution is 7.17. The van der Waals surface area contributed by atoms with Gasteiger partial charge in [-0.2, -0.15) is 0 Å². The molecule has 0 aliphatic carbocycles. The predicted molar refractivity (Wildman–Crippen MR) is 83.8 cm³/mol. The largest absolute Gasteiger partial charge is 0.354 e. The molecule has 0 unspecified atom stereocenters. The van der Waals surface area contributed by atoms with Crippen molar-refractivity contribution in [3.63, 3.8) is 0 Å². The van der Waals surface area contributed by atoms with E-state index in [1.54, 1.807) is 11.4 Å². The van der Waals surface area contributed by atoms with Gasteiger partial charge in [0.05, 0.1) is 5.52 Å². The quantitative estimate of drug-likeness (QED) is 0.792. The molecule has 2 N–H and O–H groups in total. The van der Waals surface area contributed by atoms with Crippen molar-refractivity contribution < 1.29 is 4.79 Å². The number of rotatable bonds is 6. The molecule has 0 radical (unpaired) electrons. The molecular weight excluding hydrogens is 290 g/mol. The Hall–Kier alpha value is -1.89. The van der Waals surface area contributed by atoms with Crippen LogP contribution in [0.25, 0.3) is 10.2 Å². The van der Waals surface area contributed by atoms with Gasteiger partial charge in [-0.3, -0.25) is 14.2 Å². The lowest BCUT2D eigenvalue weighted by atomic mass is 10.2. The molecule has 0 spiro atoms. The van der Waals surface area contributed by atoms with Crippen LogP contribution < -0.4 is 16.6 Å². The third-order valence-corrected chi connectivity index (χ3v) is 3.98. The molecule has 0 aromatic carbocycles. The van der Waals surface area contributed by atoms with Crippen molar-refractivity contribution in [3.05, 3.63) is 32.3 Å². The zero-order valence-corrected chi connectivity index (χ0v) is 13.0. The number of carbonyl (C=O) groups excluding carboxylic acids is 1. The summed E-state index contributed by atoms with van der Waals surface area (Å²) >= 11 is 1.32. The molecule has 2 heterocycles. The molecule has 114 valence electrons. The first kappa shape index (κ1) is 15.5. The number of aromatic amines is 1. The van der Waals surface area contributed by atoms with Crippen LogP contribution in [0.3, 0.4) is 0 Å². The van der Waals surface area contributed by atoms with Crippen molar-refractivity contribution in [1.82, 2.24) is 14.9 Å². The molecule has 0 atom stereocenters. The number of thiophene rings is 1. The van der Waals surface area contributed by atoms with E-state index in [1.165, 1.54) is 15.9 Å². The molecule has 1 amide bonds.